The van der Waals surface area contributed by atoms with Gasteiger partial charge in [0.05, 0.1) is 11.1 Å². The minimum atomic E-state index is -4.53. The van der Waals surface area contributed by atoms with Gasteiger partial charge in [0.15, 0.2) is 0 Å². The lowest BCUT2D eigenvalue weighted by molar-refractivity contribution is -0.137. The molecule has 1 aromatic heterocycles. The van der Waals surface area contributed by atoms with Crippen LogP contribution in [0.15, 0.2) is 48.8 Å². The summed E-state index contributed by atoms with van der Waals surface area (Å²) in [5, 5.41) is 2.23. The van der Waals surface area contributed by atoms with Crippen LogP contribution in [0.1, 0.15) is 15.9 Å². The Morgan fingerprint density at radius 2 is 1.75 bits per heavy atom. The van der Waals surface area contributed by atoms with Gasteiger partial charge in [0.1, 0.15) is 13.2 Å². The Balaban J connectivity index is 1.70. The van der Waals surface area contributed by atoms with E-state index in [0.717, 1.165) is 18.2 Å². The van der Waals surface area contributed by atoms with Crippen LogP contribution in [0, 0.1) is 0 Å². The molecule has 8 nitrogen and oxygen atoms in total. The molecule has 11 heteroatoms. The largest absolute Gasteiger partial charge is 0.416 e. The van der Waals surface area contributed by atoms with Gasteiger partial charge in [0.25, 0.3) is 11.8 Å². The highest BCUT2D eigenvalue weighted by Crippen LogP contribution is 2.30. The van der Waals surface area contributed by atoms with Gasteiger partial charge in [0.2, 0.25) is 5.91 Å². The average Bonchev–Trinajstić information content (AvgIpc) is 2.66. The molecule has 0 unspecified atom stereocenters. The third kappa shape index (κ3) is 6.68. The van der Waals surface area contributed by atoms with Crippen LogP contribution < -0.4 is 16.2 Å². The highest BCUT2D eigenvalue weighted by molar-refractivity contribution is 5.95. The molecule has 0 radical (unpaired) electrons. The number of ether oxygens (including phenoxy) is 1. The zero-order valence-electron chi connectivity index (χ0n) is 14.2. The van der Waals surface area contributed by atoms with Gasteiger partial charge in [-0.2, -0.15) is 13.2 Å². The van der Waals surface area contributed by atoms with Gasteiger partial charge in [0, 0.05) is 18.1 Å². The van der Waals surface area contributed by atoms with E-state index in [2.05, 4.69) is 21.2 Å². The molecule has 0 aliphatic carbocycles. The van der Waals surface area contributed by atoms with Gasteiger partial charge >= 0.3 is 6.18 Å². The zero-order valence-corrected chi connectivity index (χ0v) is 14.2. The second-order valence-electron chi connectivity index (χ2n) is 5.36. The van der Waals surface area contributed by atoms with E-state index in [0.29, 0.717) is 0 Å². The molecular formula is C17H15F3N4O4. The van der Waals surface area contributed by atoms with Crippen molar-refractivity contribution in [3.05, 3.63) is 59.9 Å². The first-order chi connectivity index (χ1) is 13.3. The molecule has 3 amide bonds. The van der Waals surface area contributed by atoms with Crippen molar-refractivity contribution >= 4 is 23.4 Å². The lowest BCUT2D eigenvalue weighted by Crippen LogP contribution is -2.43. The number of pyridine rings is 1. The molecule has 0 aliphatic rings. The quantitative estimate of drug-likeness (QED) is 0.642. The summed E-state index contributed by atoms with van der Waals surface area (Å²) in [5.74, 6) is -2.07. The molecular weight excluding hydrogens is 381 g/mol. The van der Waals surface area contributed by atoms with Gasteiger partial charge in [-0.05, 0) is 30.3 Å². The van der Waals surface area contributed by atoms with Crippen LogP contribution in [0.2, 0.25) is 0 Å². The van der Waals surface area contributed by atoms with E-state index in [1.54, 1.807) is 6.07 Å². The van der Waals surface area contributed by atoms with Crippen molar-refractivity contribution < 1.29 is 32.3 Å². The van der Waals surface area contributed by atoms with Crippen molar-refractivity contribution in [1.82, 2.24) is 15.8 Å². The minimum Gasteiger partial charge on any atom is -0.362 e. The number of halogens is 3. The molecule has 0 atom stereocenters. The standard InChI is InChI=1S/C17H15F3N4O4/c18-17(19,20)12-4-1-5-13(7-12)22-14(25)9-28-10-15(26)23-24-16(27)11-3-2-6-21-8-11/h1-8H,9-10H2,(H,22,25)(H,23,26)(H,24,27). The van der Waals surface area contributed by atoms with E-state index in [4.69, 9.17) is 4.74 Å². The summed E-state index contributed by atoms with van der Waals surface area (Å²) >= 11 is 0. The number of benzene rings is 1. The predicted octanol–water partition coefficient (Wildman–Crippen LogP) is 1.52. The Kier molecular flexibility index (Phi) is 7.04. The maximum Gasteiger partial charge on any atom is 0.416 e. The Labute approximate surface area is 157 Å². The molecule has 1 aromatic carbocycles. The first kappa shape index (κ1) is 20.8. The Hall–Kier alpha value is -3.47. The Morgan fingerprint density at radius 3 is 2.43 bits per heavy atom. The second-order valence-corrected chi connectivity index (χ2v) is 5.36. The van der Waals surface area contributed by atoms with Gasteiger partial charge in [-0.25, -0.2) is 0 Å². The third-order valence-electron chi connectivity index (χ3n) is 3.18. The van der Waals surface area contributed by atoms with Gasteiger partial charge in [-0.3, -0.25) is 30.2 Å². The number of rotatable bonds is 6. The number of nitrogens with one attached hydrogen (secondary N) is 3. The molecule has 0 aliphatic heterocycles. The number of aromatic nitrogens is 1. The molecule has 3 N–H and O–H groups in total. The first-order valence-corrected chi connectivity index (χ1v) is 7.80. The predicted molar refractivity (Wildman–Crippen MR) is 90.7 cm³/mol. The maximum atomic E-state index is 12.6. The molecule has 2 rings (SSSR count). The van der Waals surface area contributed by atoms with E-state index in [1.807, 2.05) is 0 Å². The Bertz CT molecular complexity index is 844. The Morgan fingerprint density at radius 1 is 1.00 bits per heavy atom. The number of amides is 3. The van der Waals surface area contributed by atoms with Crippen LogP contribution in [0.4, 0.5) is 18.9 Å². The van der Waals surface area contributed by atoms with E-state index in [1.165, 1.54) is 24.5 Å². The monoisotopic (exact) mass is 396 g/mol. The fourth-order valence-corrected chi connectivity index (χ4v) is 1.94. The summed E-state index contributed by atoms with van der Waals surface area (Å²) in [7, 11) is 0. The number of carbonyl (C=O) groups is 3. The van der Waals surface area contributed by atoms with E-state index in [9.17, 15) is 27.6 Å². The van der Waals surface area contributed by atoms with Gasteiger partial charge in [-0.15, -0.1) is 0 Å². The van der Waals surface area contributed by atoms with Crippen molar-refractivity contribution in [3.8, 4) is 0 Å². The maximum absolute atomic E-state index is 12.6. The smallest absolute Gasteiger partial charge is 0.362 e. The molecule has 1 heterocycles. The van der Waals surface area contributed by atoms with Crippen LogP contribution in [-0.4, -0.2) is 35.9 Å². The number of hydrogen-bond donors (Lipinski definition) is 3. The summed E-state index contributed by atoms with van der Waals surface area (Å²) in [6, 6.07) is 7.12. The van der Waals surface area contributed by atoms with Crippen molar-refractivity contribution in [3.63, 3.8) is 0 Å². The van der Waals surface area contributed by atoms with E-state index >= 15 is 0 Å². The number of carbonyl (C=O) groups excluding carboxylic acids is 3. The van der Waals surface area contributed by atoms with Crippen LogP contribution in [0.5, 0.6) is 0 Å². The number of anilines is 1. The number of alkyl halides is 3. The fourth-order valence-electron chi connectivity index (χ4n) is 1.94. The van der Waals surface area contributed by atoms with Crippen molar-refractivity contribution in [2.24, 2.45) is 0 Å². The number of hydrogen-bond acceptors (Lipinski definition) is 5. The first-order valence-electron chi connectivity index (χ1n) is 7.80. The van der Waals surface area contributed by atoms with Crippen molar-refractivity contribution in [1.29, 1.82) is 0 Å². The molecule has 0 fully saturated rings. The molecule has 148 valence electrons. The summed E-state index contributed by atoms with van der Waals surface area (Å²) in [6.45, 7) is -1.12. The third-order valence-corrected chi connectivity index (χ3v) is 3.18. The summed E-state index contributed by atoms with van der Waals surface area (Å²) < 4.78 is 42.7. The summed E-state index contributed by atoms with van der Waals surface area (Å²) in [4.78, 5) is 38.7. The van der Waals surface area contributed by atoms with E-state index < -0.39 is 42.7 Å². The van der Waals surface area contributed by atoms with Crippen molar-refractivity contribution in [2.45, 2.75) is 6.18 Å². The van der Waals surface area contributed by atoms with Crippen LogP contribution in [0.3, 0.4) is 0 Å². The summed E-state index contributed by atoms with van der Waals surface area (Å²) in [6.07, 6.45) is -1.75. The lowest BCUT2D eigenvalue weighted by atomic mass is 10.2. The number of nitrogens with zero attached hydrogens (tertiary/aromatic N) is 1. The topological polar surface area (TPSA) is 109 Å². The van der Waals surface area contributed by atoms with E-state index in [-0.39, 0.29) is 11.3 Å². The van der Waals surface area contributed by atoms with Crippen LogP contribution in [-0.2, 0) is 20.5 Å². The molecule has 28 heavy (non-hydrogen) atoms. The van der Waals surface area contributed by atoms with Crippen LogP contribution >= 0.6 is 0 Å². The SMILES string of the molecule is O=C(COCC(=O)Nc1cccc(C(F)(F)F)c1)NNC(=O)c1cccnc1. The molecule has 0 saturated carbocycles. The highest BCUT2D eigenvalue weighted by Gasteiger charge is 2.30. The normalized spacial score (nSPS) is 10.8. The molecule has 0 saturated heterocycles. The summed E-state index contributed by atoms with van der Waals surface area (Å²) in [5.41, 5.74) is 3.47. The highest BCUT2D eigenvalue weighted by atomic mass is 19.4. The molecule has 2 aromatic rings. The van der Waals surface area contributed by atoms with Crippen LogP contribution in [0.25, 0.3) is 0 Å². The molecule has 0 bridgehead atoms. The average molecular weight is 396 g/mol. The van der Waals surface area contributed by atoms with Gasteiger partial charge < -0.3 is 10.1 Å². The minimum absolute atomic E-state index is 0.0587. The zero-order chi connectivity index (χ0) is 20.6. The number of hydrazine groups is 1. The van der Waals surface area contributed by atoms with Gasteiger partial charge in [-0.1, -0.05) is 6.07 Å². The molecule has 0 spiro atoms. The lowest BCUT2D eigenvalue weighted by Gasteiger charge is -2.10. The second kappa shape index (κ2) is 9.46. The van der Waals surface area contributed by atoms with Crippen molar-refractivity contribution in [2.75, 3.05) is 18.5 Å². The fraction of sp³-hybridized carbons (Fsp3) is 0.176.